The van der Waals surface area contributed by atoms with E-state index in [0.717, 1.165) is 38.4 Å². The number of aromatic nitrogens is 1. The molecule has 0 atom stereocenters. The Labute approximate surface area is 252 Å². The minimum absolute atomic E-state index is 0.0555. The minimum atomic E-state index is -0.491. The van der Waals surface area contributed by atoms with Crippen LogP contribution in [0.5, 0.6) is 0 Å². The first-order valence-electron chi connectivity index (χ1n) is 13.4. The van der Waals surface area contributed by atoms with Crippen molar-refractivity contribution in [2.75, 3.05) is 4.90 Å². The first-order valence-corrected chi connectivity index (χ1v) is 14.2. The lowest BCUT2D eigenvalue weighted by Gasteiger charge is -2.24. The van der Waals surface area contributed by atoms with Crippen LogP contribution in [0.25, 0.3) is 10.2 Å². The van der Waals surface area contributed by atoms with E-state index in [-0.39, 0.29) is 5.78 Å². The van der Waals surface area contributed by atoms with Gasteiger partial charge in [0.2, 0.25) is 0 Å². The van der Waals surface area contributed by atoms with Gasteiger partial charge in [0.25, 0.3) is 0 Å². The summed E-state index contributed by atoms with van der Waals surface area (Å²) in [6, 6.07) is 24.3. The Kier molecular flexibility index (Phi) is 8.59. The molecule has 0 aliphatic heterocycles. The Bertz CT molecular complexity index is 1850. The maximum Gasteiger partial charge on any atom is 0.331 e. The number of nitrogens with zero attached hydrogens (tertiary/aromatic N) is 3. The number of ketones is 1. The monoisotopic (exact) mass is 592 g/mol. The molecule has 216 valence electrons. The summed E-state index contributed by atoms with van der Waals surface area (Å²) >= 11 is 1.53. The molecular formula is C33H28N4O5S. The molecule has 0 spiro atoms. The predicted octanol–water partition coefficient (Wildman–Crippen LogP) is 7.50. The number of carbonyl (C=O) groups excluding carboxylic acids is 3. The predicted molar refractivity (Wildman–Crippen MR) is 169 cm³/mol. The molecule has 0 amide bonds. The molecule has 0 bridgehead atoms. The molecule has 1 N–H and O–H groups in total. The molecule has 3 aromatic carbocycles. The quantitative estimate of drug-likeness (QED) is 0.0820. The Morgan fingerprint density at radius 3 is 1.81 bits per heavy atom. The minimum Gasteiger partial charge on any atom is -0.358 e. The van der Waals surface area contributed by atoms with Crippen LogP contribution in [0.2, 0.25) is 0 Å². The lowest BCUT2D eigenvalue weighted by Crippen LogP contribution is -2.10. The topological polar surface area (TPSA) is 113 Å². The number of nitrogens with one attached hydrogen (secondary N) is 1. The van der Waals surface area contributed by atoms with Crippen molar-refractivity contribution >= 4 is 67.8 Å². The van der Waals surface area contributed by atoms with Gasteiger partial charge >= 0.3 is 11.9 Å². The summed E-state index contributed by atoms with van der Waals surface area (Å²) in [6.07, 6.45) is 1.91. The van der Waals surface area contributed by atoms with E-state index in [0.29, 0.717) is 22.6 Å². The number of carbonyl (C=O) groups is 3. The molecule has 2 aromatic heterocycles. The van der Waals surface area contributed by atoms with Crippen molar-refractivity contribution < 1.29 is 24.1 Å². The van der Waals surface area contributed by atoms with Gasteiger partial charge in [-0.1, -0.05) is 52.8 Å². The van der Waals surface area contributed by atoms with Gasteiger partial charge in [-0.25, -0.2) is 9.59 Å². The first-order chi connectivity index (χ1) is 20.7. The summed E-state index contributed by atoms with van der Waals surface area (Å²) in [5, 5.41) is 9.81. The third-order valence-corrected chi connectivity index (χ3v) is 7.60. The van der Waals surface area contributed by atoms with Crippen LogP contribution in [-0.4, -0.2) is 34.1 Å². The fraction of sp³-hybridized carbons (Fsp3) is 0.121. The molecule has 10 heteroatoms. The van der Waals surface area contributed by atoms with E-state index < -0.39 is 11.9 Å². The van der Waals surface area contributed by atoms with Crippen molar-refractivity contribution in [3.8, 4) is 0 Å². The first kappa shape index (κ1) is 29.2. The van der Waals surface area contributed by atoms with Gasteiger partial charge in [-0.15, -0.1) is 11.3 Å². The summed E-state index contributed by atoms with van der Waals surface area (Å²) in [4.78, 5) is 50.6. The molecule has 5 rings (SSSR count). The number of anilines is 3. The van der Waals surface area contributed by atoms with Gasteiger partial charge in [-0.3, -0.25) is 4.79 Å². The van der Waals surface area contributed by atoms with Crippen molar-refractivity contribution in [3.63, 3.8) is 0 Å². The molecule has 0 radical (unpaired) electrons. The van der Waals surface area contributed by atoms with E-state index in [9.17, 15) is 14.4 Å². The fourth-order valence-electron chi connectivity index (χ4n) is 4.49. The van der Waals surface area contributed by atoms with E-state index in [4.69, 9.17) is 9.68 Å². The third-order valence-electron chi connectivity index (χ3n) is 6.60. The van der Waals surface area contributed by atoms with Crippen LogP contribution in [0.3, 0.4) is 0 Å². The second-order valence-electron chi connectivity index (χ2n) is 9.67. The zero-order valence-corrected chi connectivity index (χ0v) is 24.8. The lowest BCUT2D eigenvalue weighted by atomic mass is 10.0. The second kappa shape index (κ2) is 12.7. The van der Waals surface area contributed by atoms with Crippen molar-refractivity contribution in [3.05, 3.63) is 113 Å². The number of hydrogen-bond donors (Lipinski definition) is 1. The van der Waals surface area contributed by atoms with Crippen molar-refractivity contribution in [1.29, 1.82) is 0 Å². The molecule has 9 nitrogen and oxygen atoms in total. The van der Waals surface area contributed by atoms with E-state index in [1.165, 1.54) is 25.2 Å². The van der Waals surface area contributed by atoms with Crippen molar-refractivity contribution in [2.24, 2.45) is 10.3 Å². The molecule has 0 aliphatic rings. The Morgan fingerprint density at radius 2 is 1.23 bits per heavy atom. The molecule has 5 aromatic rings. The highest BCUT2D eigenvalue weighted by molar-refractivity contribution is 7.18. The van der Waals surface area contributed by atoms with Gasteiger partial charge in [0.1, 0.15) is 0 Å². The molecule has 0 aliphatic carbocycles. The van der Waals surface area contributed by atoms with Crippen LogP contribution < -0.4 is 4.90 Å². The average Bonchev–Trinajstić information content (AvgIpc) is 3.63. The molecule has 0 unspecified atom stereocenters. The zero-order chi connectivity index (χ0) is 30.5. The molecule has 0 fully saturated rings. The van der Waals surface area contributed by atoms with Crippen LogP contribution in [0.1, 0.15) is 54.7 Å². The largest absolute Gasteiger partial charge is 0.358 e. The number of rotatable bonds is 9. The molecule has 2 heterocycles. The van der Waals surface area contributed by atoms with Gasteiger partial charge in [-0.2, -0.15) is 0 Å². The smallest absolute Gasteiger partial charge is 0.331 e. The van der Waals surface area contributed by atoms with E-state index in [1.54, 1.807) is 26.0 Å². The van der Waals surface area contributed by atoms with Crippen LogP contribution >= 0.6 is 11.3 Å². The highest BCUT2D eigenvalue weighted by Crippen LogP contribution is 2.42. The number of thiophene rings is 1. The maximum absolute atomic E-state index is 13.1. The molecule has 43 heavy (non-hydrogen) atoms. The summed E-state index contributed by atoms with van der Waals surface area (Å²) < 4.78 is 0.966. The highest BCUT2D eigenvalue weighted by Gasteiger charge is 2.21. The second-order valence-corrected chi connectivity index (χ2v) is 10.6. The standard InChI is InChI=1S/C33H28N4O5S/c1-20(35-41-22(3)38)24-10-14-27(15-11-24)37(28-16-12-26(13-17-28)32(40)25-8-6-5-7-9-25)30-18-34-31-29(19-43-33(30)31)21(2)36-42-23(4)39/h5-19,34H,1-4H3/b35-20-,36-21-. The Hall–Kier alpha value is -5.35. The molecule has 0 saturated heterocycles. The van der Waals surface area contributed by atoms with Gasteiger partial charge in [0.05, 0.1) is 27.3 Å². The van der Waals surface area contributed by atoms with Gasteiger partial charge in [-0.05, 0) is 55.8 Å². The number of oxime groups is 2. The van der Waals surface area contributed by atoms with E-state index >= 15 is 0 Å². The number of hydrogen-bond acceptors (Lipinski definition) is 9. The summed E-state index contributed by atoms with van der Waals surface area (Å²) in [5.74, 6) is -1.04. The van der Waals surface area contributed by atoms with E-state index in [2.05, 4.69) is 20.2 Å². The van der Waals surface area contributed by atoms with Gasteiger partial charge in [0.15, 0.2) is 5.78 Å². The van der Waals surface area contributed by atoms with Gasteiger partial charge in [0, 0.05) is 53.5 Å². The zero-order valence-electron chi connectivity index (χ0n) is 24.0. The van der Waals surface area contributed by atoms with Crippen LogP contribution in [-0.2, 0) is 19.3 Å². The van der Waals surface area contributed by atoms with Crippen molar-refractivity contribution in [2.45, 2.75) is 27.7 Å². The van der Waals surface area contributed by atoms with Crippen LogP contribution in [0.15, 0.2) is 101 Å². The maximum atomic E-state index is 13.1. The third kappa shape index (κ3) is 6.44. The normalized spacial score (nSPS) is 11.8. The lowest BCUT2D eigenvalue weighted by molar-refractivity contribution is -0.141. The number of benzene rings is 3. The summed E-state index contributed by atoms with van der Waals surface area (Å²) in [7, 11) is 0. The summed E-state index contributed by atoms with van der Waals surface area (Å²) in [5.41, 5.74) is 7.38. The SMILES string of the molecule is CC(=O)O/N=C(/C)c1ccc(N(c2ccc(C(=O)c3ccccc3)cc2)c2c[nH]c3c(/C(C)=N\OC(C)=O)csc23)cc1. The van der Waals surface area contributed by atoms with Crippen LogP contribution in [0.4, 0.5) is 17.1 Å². The van der Waals surface area contributed by atoms with E-state index in [1.807, 2.05) is 78.3 Å². The van der Waals surface area contributed by atoms with Crippen LogP contribution in [0, 0.1) is 0 Å². The highest BCUT2D eigenvalue weighted by atomic mass is 32.1. The Balaban J connectivity index is 1.56. The molecule has 0 saturated carbocycles. The number of H-pyrrole nitrogens is 1. The number of fused-ring (bicyclic) bond motifs is 1. The average molecular weight is 593 g/mol. The Morgan fingerprint density at radius 1 is 0.698 bits per heavy atom. The number of aromatic amines is 1. The fourth-order valence-corrected chi connectivity index (χ4v) is 5.57. The summed E-state index contributed by atoms with van der Waals surface area (Å²) in [6.45, 7) is 6.15. The van der Waals surface area contributed by atoms with Gasteiger partial charge < -0.3 is 19.6 Å². The van der Waals surface area contributed by atoms with Crippen molar-refractivity contribution in [1.82, 2.24) is 4.98 Å². The molecular weight excluding hydrogens is 564 g/mol.